The van der Waals surface area contributed by atoms with Crippen molar-refractivity contribution in [1.29, 1.82) is 0 Å². The van der Waals surface area contributed by atoms with Crippen molar-refractivity contribution in [2.24, 2.45) is 35.0 Å². The first-order valence-electron chi connectivity index (χ1n) is 11.6. The molecule has 1 saturated heterocycles. The van der Waals surface area contributed by atoms with Crippen LogP contribution < -0.4 is 0 Å². The number of thiol groups is 1. The zero-order valence-electron chi connectivity index (χ0n) is 21.2. The third-order valence-electron chi connectivity index (χ3n) is 8.09. The molecule has 12 atom stereocenters. The van der Waals surface area contributed by atoms with Crippen LogP contribution in [-0.4, -0.2) is 41.1 Å². The highest BCUT2D eigenvalue weighted by atomic mass is 32.1. The average molecular weight is 513 g/mol. The topological polar surface area (TPSA) is 74.2 Å². The Balaban J connectivity index is 3.57. The number of carbonyl (C=O) groups is 1. The zero-order chi connectivity index (χ0) is 25.0. The Morgan fingerprint density at radius 3 is 2.06 bits per heavy atom. The molecule has 190 valence electrons. The number of hydrogen-bond acceptors (Lipinski definition) is 7. The minimum atomic E-state index is -1.43. The summed E-state index contributed by atoms with van der Waals surface area (Å²) in [5.74, 6) is -0.644. The molecule has 1 N–H and O–H groups in total. The molecule has 0 aliphatic carbocycles. The molecule has 1 fully saturated rings. The van der Waals surface area contributed by atoms with Gasteiger partial charge in [-0.15, -0.1) is 0 Å². The molecule has 1 aliphatic heterocycles. The van der Waals surface area contributed by atoms with Crippen molar-refractivity contribution in [3.8, 4) is 0 Å². The lowest BCUT2D eigenvalue weighted by Crippen LogP contribution is -2.57. The number of ether oxygens (including phenoxy) is 1. The van der Waals surface area contributed by atoms with Crippen molar-refractivity contribution in [1.82, 2.24) is 0 Å². The van der Waals surface area contributed by atoms with E-state index in [2.05, 4.69) is 66.5 Å². The van der Waals surface area contributed by atoms with E-state index in [1.54, 1.807) is 13.8 Å². The van der Waals surface area contributed by atoms with Crippen LogP contribution in [0.5, 0.6) is 0 Å². The Morgan fingerprint density at radius 2 is 1.62 bits per heavy atom. The van der Waals surface area contributed by atoms with Crippen LogP contribution in [0.2, 0.25) is 0 Å². The van der Waals surface area contributed by atoms with Crippen LogP contribution in [-0.2, 0) is 22.8 Å². The van der Waals surface area contributed by atoms with E-state index >= 15 is 0 Å². The number of hydrogen-bond donors (Lipinski definition) is 2. The number of aliphatic hydroxyl groups is 1. The van der Waals surface area contributed by atoms with E-state index in [0.717, 1.165) is 6.42 Å². The lowest BCUT2D eigenvalue weighted by molar-refractivity contribution is -0.191. The zero-order valence-corrected chi connectivity index (χ0v) is 24.4. The number of esters is 1. The maximum Gasteiger partial charge on any atom is 0.311 e. The van der Waals surface area contributed by atoms with Gasteiger partial charge in [0.1, 0.15) is 11.7 Å². The van der Waals surface area contributed by atoms with Crippen molar-refractivity contribution in [3.05, 3.63) is 0 Å². The van der Waals surface area contributed by atoms with Crippen LogP contribution in [0, 0.1) is 35.0 Å². The van der Waals surface area contributed by atoms with Crippen LogP contribution in [0.1, 0.15) is 75.2 Å². The van der Waals surface area contributed by atoms with Gasteiger partial charge in [0.15, 0.2) is 0 Å². The fourth-order valence-corrected chi connectivity index (χ4v) is 7.11. The van der Waals surface area contributed by atoms with Gasteiger partial charge in [-0.3, -0.25) is 4.79 Å². The molecule has 0 aromatic rings. The number of carbonyl (C=O) groups excluding carboxylic acids is 1. The fourth-order valence-electron chi connectivity index (χ4n) is 5.69. The summed E-state index contributed by atoms with van der Waals surface area (Å²) in [6.45, 7) is 18.3. The third-order valence-corrected chi connectivity index (χ3v) is 8.94. The second-order valence-corrected chi connectivity index (χ2v) is 11.5. The highest BCUT2D eigenvalue weighted by molar-refractivity contribution is 7.75. The molecule has 0 aromatic heterocycles. The van der Waals surface area contributed by atoms with Gasteiger partial charge in [-0.2, -0.15) is 0 Å². The molecular weight excluding hydrogens is 466 g/mol. The quantitative estimate of drug-likeness (QED) is 0.232. The first-order chi connectivity index (χ1) is 14.7. The summed E-state index contributed by atoms with van der Waals surface area (Å²) in [4.78, 5) is 13.2. The molecule has 0 saturated carbocycles. The SMILES string of the molecule is CC[C@H]1OC(=O)[C@H](C)[C@@H](OS)[C@H](C)[C@@H](C)C(C)(C)C[C@@H](C)[C@H](OP)[C@H](C)[C@@H](OP)[C@]1(C)O. The van der Waals surface area contributed by atoms with Crippen LogP contribution in [0.25, 0.3) is 0 Å². The van der Waals surface area contributed by atoms with Crippen molar-refractivity contribution in [3.63, 3.8) is 0 Å². The average Bonchev–Trinajstić information content (AvgIpc) is 2.70. The smallest absolute Gasteiger partial charge is 0.311 e. The Kier molecular flexibility index (Phi) is 11.9. The molecule has 6 nitrogen and oxygen atoms in total. The molecule has 32 heavy (non-hydrogen) atoms. The monoisotopic (exact) mass is 512 g/mol. The summed E-state index contributed by atoms with van der Waals surface area (Å²) in [6.07, 6.45) is -0.668. The van der Waals surface area contributed by atoms with Gasteiger partial charge in [-0.1, -0.05) is 48.5 Å². The Bertz CT molecular complexity index is 605. The molecule has 1 heterocycles. The number of rotatable bonds is 4. The normalized spacial score (nSPS) is 44.5. The fraction of sp³-hybridized carbons (Fsp3) is 0.957. The van der Waals surface area contributed by atoms with E-state index in [-0.39, 0.29) is 35.2 Å². The summed E-state index contributed by atoms with van der Waals surface area (Å²) in [6, 6.07) is 0. The van der Waals surface area contributed by atoms with Crippen LogP contribution in [0.3, 0.4) is 0 Å². The van der Waals surface area contributed by atoms with E-state index in [1.165, 1.54) is 0 Å². The van der Waals surface area contributed by atoms with Gasteiger partial charge in [0.25, 0.3) is 0 Å². The molecule has 9 heteroatoms. The summed E-state index contributed by atoms with van der Waals surface area (Å²) in [5.41, 5.74) is -1.49. The summed E-state index contributed by atoms with van der Waals surface area (Å²) in [7, 11) is 4.65. The predicted octanol–water partition coefficient (Wildman–Crippen LogP) is 5.25. The lowest BCUT2D eigenvalue weighted by atomic mass is 9.65. The van der Waals surface area contributed by atoms with Gasteiger partial charge in [0, 0.05) is 24.9 Å². The van der Waals surface area contributed by atoms with E-state index < -0.39 is 35.8 Å². The third kappa shape index (κ3) is 6.59. The van der Waals surface area contributed by atoms with Crippen molar-refractivity contribution in [2.45, 2.75) is 105 Å². The molecule has 0 aromatic carbocycles. The summed E-state index contributed by atoms with van der Waals surface area (Å²) >= 11 is 4.12. The molecule has 1 rings (SSSR count). The van der Waals surface area contributed by atoms with E-state index in [0.29, 0.717) is 6.42 Å². The van der Waals surface area contributed by atoms with Gasteiger partial charge >= 0.3 is 5.97 Å². The molecule has 0 spiro atoms. The summed E-state index contributed by atoms with van der Waals surface area (Å²) < 4.78 is 23.0. The van der Waals surface area contributed by atoms with Gasteiger partial charge in [0.05, 0.1) is 24.2 Å². The van der Waals surface area contributed by atoms with Crippen LogP contribution >= 0.6 is 31.8 Å². The molecule has 2 unspecified atom stereocenters. The van der Waals surface area contributed by atoms with Crippen molar-refractivity contribution < 1.29 is 27.9 Å². The second kappa shape index (κ2) is 12.5. The highest BCUT2D eigenvalue weighted by Crippen LogP contribution is 2.44. The Morgan fingerprint density at radius 1 is 1.06 bits per heavy atom. The minimum absolute atomic E-state index is 0.0525. The first-order valence-corrected chi connectivity index (χ1v) is 13.0. The van der Waals surface area contributed by atoms with E-state index in [1.807, 2.05) is 13.8 Å². The predicted molar refractivity (Wildman–Crippen MR) is 138 cm³/mol. The molecule has 0 amide bonds. The van der Waals surface area contributed by atoms with Gasteiger partial charge < -0.3 is 23.1 Å². The molecule has 0 radical (unpaired) electrons. The summed E-state index contributed by atoms with van der Waals surface area (Å²) in [5, 5.41) is 11.6. The van der Waals surface area contributed by atoms with Crippen molar-refractivity contribution in [2.75, 3.05) is 0 Å². The number of cyclic esters (lactones) is 1. The van der Waals surface area contributed by atoms with Crippen LogP contribution in [0.4, 0.5) is 0 Å². The first kappa shape index (κ1) is 30.6. The van der Waals surface area contributed by atoms with Gasteiger partial charge in [0.2, 0.25) is 0 Å². The second-order valence-electron chi connectivity index (χ2n) is 10.8. The molecular formula is C23H46O6P2S. The highest BCUT2D eigenvalue weighted by Gasteiger charge is 2.49. The van der Waals surface area contributed by atoms with Crippen LogP contribution in [0.15, 0.2) is 0 Å². The maximum absolute atomic E-state index is 13.2. The Hall–Kier alpha value is 0.520. The maximum atomic E-state index is 13.2. The van der Waals surface area contributed by atoms with Gasteiger partial charge in [-0.25, -0.2) is 0 Å². The Labute approximate surface area is 205 Å². The standard InChI is InChI=1S/C23H46O6P2S/c1-10-17-23(9,25)20(28-31)14(4)18(27-30)12(2)11-22(7,8)16(6)13(3)19(29-32)15(5)21(24)26-17/h12-20,25,32H,10-11,30-31H2,1-9H3/t12-,13-,14+,15-,16-,17-,18+,19+,20-,23-/m1/s1. The van der Waals surface area contributed by atoms with E-state index in [4.69, 9.17) is 18.0 Å². The molecule has 0 bridgehead atoms. The molecule has 1 aliphatic rings. The largest absolute Gasteiger partial charge is 0.459 e. The van der Waals surface area contributed by atoms with Gasteiger partial charge in [-0.05, 0) is 62.8 Å². The minimum Gasteiger partial charge on any atom is -0.459 e. The van der Waals surface area contributed by atoms with E-state index in [9.17, 15) is 9.90 Å². The lowest BCUT2D eigenvalue weighted by Gasteiger charge is -2.46. The van der Waals surface area contributed by atoms with Crippen molar-refractivity contribution >= 4 is 37.8 Å².